The van der Waals surface area contributed by atoms with Gasteiger partial charge in [-0.2, -0.15) is 0 Å². The van der Waals surface area contributed by atoms with Crippen molar-refractivity contribution in [2.45, 2.75) is 33.2 Å². The van der Waals surface area contributed by atoms with Gasteiger partial charge in [-0.05, 0) is 53.9 Å². The summed E-state index contributed by atoms with van der Waals surface area (Å²) in [5.74, 6) is -1.05. The number of halogens is 2. The number of urea groups is 1. The fraction of sp³-hybridized carbons (Fsp3) is 0.429. The van der Waals surface area contributed by atoms with E-state index in [4.69, 9.17) is 16.7 Å². The highest BCUT2D eigenvalue weighted by Crippen LogP contribution is 2.29. The summed E-state index contributed by atoms with van der Waals surface area (Å²) in [5, 5.41) is 12.1. The number of nitrogens with one attached hydrogen (secondary N) is 1. The predicted molar refractivity (Wildman–Crippen MR) is 87.0 cm³/mol. The molecule has 1 aromatic carbocycles. The first kappa shape index (κ1) is 17.8. The van der Waals surface area contributed by atoms with Gasteiger partial charge in [0.1, 0.15) is 6.54 Å². The van der Waals surface area contributed by atoms with Crippen LogP contribution in [0.15, 0.2) is 16.6 Å². The van der Waals surface area contributed by atoms with Crippen LogP contribution in [0.2, 0.25) is 5.02 Å². The molecule has 1 unspecified atom stereocenters. The zero-order valence-electron chi connectivity index (χ0n) is 12.1. The quantitative estimate of drug-likeness (QED) is 0.810. The zero-order chi connectivity index (χ0) is 16.2. The highest BCUT2D eigenvalue weighted by Gasteiger charge is 2.22. The van der Waals surface area contributed by atoms with E-state index in [0.29, 0.717) is 21.6 Å². The SMILES string of the molecule is CCC(C)N(CC(=O)O)C(=O)Nc1cc(Cl)c(C)cc1Br. The number of hydrogen-bond acceptors (Lipinski definition) is 2. The lowest BCUT2D eigenvalue weighted by atomic mass is 10.2. The van der Waals surface area contributed by atoms with Crippen LogP contribution in [-0.4, -0.2) is 34.6 Å². The van der Waals surface area contributed by atoms with Gasteiger partial charge < -0.3 is 15.3 Å². The second-order valence-corrected chi connectivity index (χ2v) is 6.05. The molecule has 2 amide bonds. The molecule has 21 heavy (non-hydrogen) atoms. The van der Waals surface area contributed by atoms with E-state index in [1.165, 1.54) is 4.90 Å². The summed E-state index contributed by atoms with van der Waals surface area (Å²) in [5.41, 5.74) is 1.39. The van der Waals surface area contributed by atoms with Crippen LogP contribution in [0, 0.1) is 6.92 Å². The van der Waals surface area contributed by atoms with Crippen molar-refractivity contribution in [3.63, 3.8) is 0 Å². The number of benzene rings is 1. The van der Waals surface area contributed by atoms with Gasteiger partial charge in [-0.25, -0.2) is 4.79 Å². The topological polar surface area (TPSA) is 69.6 Å². The molecular weight excluding hydrogens is 360 g/mol. The van der Waals surface area contributed by atoms with Crippen molar-refractivity contribution >= 4 is 45.2 Å². The Labute approximate surface area is 137 Å². The number of amides is 2. The minimum Gasteiger partial charge on any atom is -0.480 e. The van der Waals surface area contributed by atoms with Crippen molar-refractivity contribution in [1.29, 1.82) is 0 Å². The summed E-state index contributed by atoms with van der Waals surface area (Å²) in [4.78, 5) is 24.5. The summed E-state index contributed by atoms with van der Waals surface area (Å²) in [6.45, 7) is 5.21. The van der Waals surface area contributed by atoms with Gasteiger partial charge in [0.25, 0.3) is 0 Å². The second-order valence-electron chi connectivity index (χ2n) is 4.79. The molecule has 1 atom stereocenters. The van der Waals surface area contributed by atoms with Gasteiger partial charge in [-0.3, -0.25) is 4.79 Å². The third-order valence-electron chi connectivity index (χ3n) is 3.18. The molecule has 0 saturated carbocycles. The van der Waals surface area contributed by atoms with Crippen LogP contribution in [0.1, 0.15) is 25.8 Å². The van der Waals surface area contributed by atoms with Crippen molar-refractivity contribution in [3.05, 3.63) is 27.2 Å². The van der Waals surface area contributed by atoms with Crippen LogP contribution < -0.4 is 5.32 Å². The lowest BCUT2D eigenvalue weighted by Gasteiger charge is -2.27. The standard InChI is InChI=1S/C14H18BrClN2O3/c1-4-9(3)18(7-13(19)20)14(21)17-12-6-11(16)8(2)5-10(12)15/h5-6,9H,4,7H2,1-3H3,(H,17,21)(H,19,20). The maximum Gasteiger partial charge on any atom is 0.323 e. The van der Waals surface area contributed by atoms with Crippen LogP contribution >= 0.6 is 27.5 Å². The molecule has 0 aliphatic carbocycles. The fourth-order valence-corrected chi connectivity index (χ4v) is 2.44. The van der Waals surface area contributed by atoms with Crippen LogP contribution in [-0.2, 0) is 4.79 Å². The van der Waals surface area contributed by atoms with E-state index >= 15 is 0 Å². The van der Waals surface area contributed by atoms with Crippen LogP contribution in [0.3, 0.4) is 0 Å². The summed E-state index contributed by atoms with van der Waals surface area (Å²) in [7, 11) is 0. The Balaban J connectivity index is 2.96. The van der Waals surface area contributed by atoms with E-state index < -0.39 is 12.0 Å². The average Bonchev–Trinajstić information content (AvgIpc) is 2.41. The summed E-state index contributed by atoms with van der Waals surface area (Å²) >= 11 is 9.40. The number of aryl methyl sites for hydroxylation is 1. The Bertz CT molecular complexity index is 551. The Morgan fingerprint density at radius 2 is 2.10 bits per heavy atom. The molecule has 116 valence electrons. The number of aliphatic carboxylic acids is 1. The largest absolute Gasteiger partial charge is 0.480 e. The maximum absolute atomic E-state index is 12.3. The van der Waals surface area contributed by atoms with Crippen molar-refractivity contribution in [2.24, 2.45) is 0 Å². The Morgan fingerprint density at radius 1 is 1.48 bits per heavy atom. The molecule has 1 rings (SSSR count). The van der Waals surface area contributed by atoms with Crippen molar-refractivity contribution < 1.29 is 14.7 Å². The van der Waals surface area contributed by atoms with E-state index in [9.17, 15) is 9.59 Å². The molecule has 7 heteroatoms. The number of rotatable bonds is 5. The molecule has 0 radical (unpaired) electrons. The van der Waals surface area contributed by atoms with Crippen LogP contribution in [0.5, 0.6) is 0 Å². The smallest absolute Gasteiger partial charge is 0.323 e. The van der Waals surface area contributed by atoms with Gasteiger partial charge in [0, 0.05) is 15.5 Å². The minimum absolute atomic E-state index is 0.180. The molecule has 2 N–H and O–H groups in total. The monoisotopic (exact) mass is 376 g/mol. The Hall–Kier alpha value is -1.27. The summed E-state index contributed by atoms with van der Waals surface area (Å²) < 4.78 is 0.692. The van der Waals surface area contributed by atoms with Crippen molar-refractivity contribution in [1.82, 2.24) is 4.90 Å². The van der Waals surface area contributed by atoms with E-state index in [0.717, 1.165) is 5.56 Å². The van der Waals surface area contributed by atoms with Crippen LogP contribution in [0.25, 0.3) is 0 Å². The first-order valence-electron chi connectivity index (χ1n) is 6.51. The molecule has 0 aliphatic rings. The molecule has 0 bridgehead atoms. The average molecular weight is 378 g/mol. The third-order valence-corrected chi connectivity index (χ3v) is 4.24. The normalized spacial score (nSPS) is 11.9. The molecule has 0 saturated heterocycles. The number of nitrogens with zero attached hydrogens (tertiary/aromatic N) is 1. The molecule has 0 heterocycles. The van der Waals surface area contributed by atoms with Gasteiger partial charge in [-0.1, -0.05) is 18.5 Å². The third kappa shape index (κ3) is 4.89. The molecule has 0 aromatic heterocycles. The number of carboxylic acid groups (broad SMARTS) is 1. The van der Waals surface area contributed by atoms with Gasteiger partial charge in [-0.15, -0.1) is 0 Å². The highest BCUT2D eigenvalue weighted by atomic mass is 79.9. The Kier molecular flexibility index (Phi) is 6.48. The maximum atomic E-state index is 12.3. The Morgan fingerprint density at radius 3 is 2.62 bits per heavy atom. The van der Waals surface area contributed by atoms with E-state index in [2.05, 4.69) is 21.2 Å². The van der Waals surface area contributed by atoms with Crippen molar-refractivity contribution in [3.8, 4) is 0 Å². The molecule has 0 spiro atoms. The molecule has 0 fully saturated rings. The van der Waals surface area contributed by atoms with Gasteiger partial charge in [0.15, 0.2) is 0 Å². The zero-order valence-corrected chi connectivity index (χ0v) is 14.5. The van der Waals surface area contributed by atoms with E-state index in [1.807, 2.05) is 13.8 Å². The lowest BCUT2D eigenvalue weighted by Crippen LogP contribution is -2.44. The van der Waals surface area contributed by atoms with E-state index in [1.54, 1.807) is 19.1 Å². The van der Waals surface area contributed by atoms with Gasteiger partial charge in [0.2, 0.25) is 0 Å². The molecular formula is C14H18BrClN2O3. The number of carboxylic acids is 1. The number of carbonyl (C=O) groups is 2. The number of hydrogen-bond donors (Lipinski definition) is 2. The van der Waals surface area contributed by atoms with E-state index in [-0.39, 0.29) is 12.6 Å². The molecule has 5 nitrogen and oxygen atoms in total. The lowest BCUT2D eigenvalue weighted by molar-refractivity contribution is -0.138. The molecule has 0 aliphatic heterocycles. The first-order valence-corrected chi connectivity index (χ1v) is 7.68. The fourth-order valence-electron chi connectivity index (χ4n) is 1.72. The van der Waals surface area contributed by atoms with Crippen LogP contribution in [0.4, 0.5) is 10.5 Å². The number of anilines is 1. The minimum atomic E-state index is -1.05. The summed E-state index contributed by atoms with van der Waals surface area (Å²) in [6, 6.07) is 2.78. The van der Waals surface area contributed by atoms with Crippen molar-refractivity contribution in [2.75, 3.05) is 11.9 Å². The highest BCUT2D eigenvalue weighted by molar-refractivity contribution is 9.10. The predicted octanol–water partition coefficient (Wildman–Crippen LogP) is 4.13. The number of carbonyl (C=O) groups excluding carboxylic acids is 1. The first-order chi connectivity index (χ1) is 9.76. The second kappa shape index (κ2) is 7.66. The van der Waals surface area contributed by atoms with Gasteiger partial charge >= 0.3 is 12.0 Å². The molecule has 1 aromatic rings. The van der Waals surface area contributed by atoms with Gasteiger partial charge in [0.05, 0.1) is 5.69 Å². The summed E-state index contributed by atoms with van der Waals surface area (Å²) in [6.07, 6.45) is 0.663.